The zero-order valence-electron chi connectivity index (χ0n) is 16.7. The van der Waals surface area contributed by atoms with Crippen LogP contribution in [0.2, 0.25) is 0 Å². The Labute approximate surface area is 180 Å². The van der Waals surface area contributed by atoms with E-state index in [0.29, 0.717) is 35.4 Å². The SMILES string of the molecule is N#Cc1ccc(/C=C2\CN(c3ccccn3)C/C(=C\c3ccc(C#N)cc3)C2=O)cc1. The first-order valence-electron chi connectivity index (χ1n) is 9.78. The highest BCUT2D eigenvalue weighted by Crippen LogP contribution is 2.25. The van der Waals surface area contributed by atoms with Crippen molar-refractivity contribution in [1.82, 2.24) is 4.98 Å². The fourth-order valence-corrected chi connectivity index (χ4v) is 3.45. The van der Waals surface area contributed by atoms with E-state index >= 15 is 0 Å². The van der Waals surface area contributed by atoms with Crippen LogP contribution in [0.25, 0.3) is 12.2 Å². The molecule has 0 N–H and O–H groups in total. The molecule has 1 aliphatic rings. The monoisotopic (exact) mass is 402 g/mol. The first-order valence-corrected chi connectivity index (χ1v) is 9.78. The summed E-state index contributed by atoms with van der Waals surface area (Å²) >= 11 is 0. The van der Waals surface area contributed by atoms with Gasteiger partial charge in [0.05, 0.1) is 23.3 Å². The van der Waals surface area contributed by atoms with Crippen LogP contribution in [0.5, 0.6) is 0 Å². The Kier molecular flexibility index (Phi) is 5.69. The molecule has 0 spiro atoms. The highest BCUT2D eigenvalue weighted by Gasteiger charge is 2.26. The van der Waals surface area contributed by atoms with Crippen molar-refractivity contribution in [3.8, 4) is 12.1 Å². The lowest BCUT2D eigenvalue weighted by Gasteiger charge is -2.30. The standard InChI is InChI=1S/C26H18N4O/c27-15-21-8-4-19(5-9-21)13-23-17-30(25-3-1-2-12-29-25)18-24(26(23)31)14-20-6-10-22(16-28)11-7-20/h1-14H,17-18H2/b23-13+,24-14+. The molecule has 5 nitrogen and oxygen atoms in total. The summed E-state index contributed by atoms with van der Waals surface area (Å²) in [7, 11) is 0. The maximum absolute atomic E-state index is 13.3. The smallest absolute Gasteiger partial charge is 0.188 e. The molecule has 0 atom stereocenters. The molecule has 2 aromatic carbocycles. The molecule has 4 rings (SSSR count). The molecule has 5 heteroatoms. The molecule has 0 aliphatic carbocycles. The third kappa shape index (κ3) is 4.58. The number of benzene rings is 2. The van der Waals surface area contributed by atoms with Gasteiger partial charge in [-0.25, -0.2) is 4.98 Å². The van der Waals surface area contributed by atoms with Crippen LogP contribution in [0.4, 0.5) is 5.82 Å². The first-order chi connectivity index (χ1) is 15.2. The molecule has 1 aromatic heterocycles. The van der Waals surface area contributed by atoms with Crippen LogP contribution in [-0.2, 0) is 4.79 Å². The zero-order chi connectivity index (χ0) is 21.6. The van der Waals surface area contributed by atoms with E-state index in [1.54, 1.807) is 30.5 Å². The molecule has 0 amide bonds. The Bertz CT molecular complexity index is 1160. The van der Waals surface area contributed by atoms with Crippen LogP contribution < -0.4 is 4.90 Å². The van der Waals surface area contributed by atoms with Crippen molar-refractivity contribution in [1.29, 1.82) is 10.5 Å². The number of rotatable bonds is 3. The molecular weight excluding hydrogens is 384 g/mol. The summed E-state index contributed by atoms with van der Waals surface area (Å²) in [5.74, 6) is 0.785. The number of nitrogens with zero attached hydrogens (tertiary/aromatic N) is 4. The topological polar surface area (TPSA) is 80.8 Å². The van der Waals surface area contributed by atoms with Crippen molar-refractivity contribution in [3.05, 3.63) is 106 Å². The van der Waals surface area contributed by atoms with Crippen molar-refractivity contribution in [2.75, 3.05) is 18.0 Å². The molecule has 148 valence electrons. The summed E-state index contributed by atoms with van der Waals surface area (Å²) < 4.78 is 0. The summed E-state index contributed by atoms with van der Waals surface area (Å²) in [6, 6.07) is 24.2. The van der Waals surface area contributed by atoms with E-state index in [2.05, 4.69) is 22.0 Å². The Morgan fingerprint density at radius 2 is 1.29 bits per heavy atom. The minimum absolute atomic E-state index is 0.0131. The summed E-state index contributed by atoms with van der Waals surface area (Å²) in [6.07, 6.45) is 5.47. The normalized spacial score (nSPS) is 16.2. The average molecular weight is 402 g/mol. The number of carbonyl (C=O) groups excluding carboxylic acids is 1. The number of carbonyl (C=O) groups is 1. The Morgan fingerprint density at radius 3 is 1.71 bits per heavy atom. The highest BCUT2D eigenvalue weighted by molar-refractivity contribution is 6.15. The summed E-state index contributed by atoms with van der Waals surface area (Å²) in [5, 5.41) is 18.0. The van der Waals surface area contributed by atoms with E-state index < -0.39 is 0 Å². The Morgan fingerprint density at radius 1 is 0.774 bits per heavy atom. The van der Waals surface area contributed by atoms with Crippen LogP contribution in [0.15, 0.2) is 84.1 Å². The molecule has 0 unspecified atom stereocenters. The van der Waals surface area contributed by atoms with Gasteiger partial charge in [-0.05, 0) is 59.7 Å². The van der Waals surface area contributed by atoms with Gasteiger partial charge in [-0.15, -0.1) is 0 Å². The lowest BCUT2D eigenvalue weighted by molar-refractivity contribution is -0.112. The molecule has 31 heavy (non-hydrogen) atoms. The maximum Gasteiger partial charge on any atom is 0.188 e. The number of hydrogen-bond donors (Lipinski definition) is 0. The highest BCUT2D eigenvalue weighted by atomic mass is 16.1. The molecule has 1 aliphatic heterocycles. The summed E-state index contributed by atoms with van der Waals surface area (Å²) in [4.78, 5) is 19.8. The van der Waals surface area contributed by atoms with Gasteiger partial charge in [-0.3, -0.25) is 4.79 Å². The molecule has 1 saturated heterocycles. The lowest BCUT2D eigenvalue weighted by Crippen LogP contribution is -2.38. The van der Waals surface area contributed by atoms with E-state index in [9.17, 15) is 4.79 Å². The van der Waals surface area contributed by atoms with E-state index in [-0.39, 0.29) is 5.78 Å². The van der Waals surface area contributed by atoms with Gasteiger partial charge >= 0.3 is 0 Å². The number of hydrogen-bond acceptors (Lipinski definition) is 5. The van der Waals surface area contributed by atoms with Gasteiger partial charge in [-0.2, -0.15) is 10.5 Å². The lowest BCUT2D eigenvalue weighted by atomic mass is 9.94. The van der Waals surface area contributed by atoms with Crippen LogP contribution in [0.1, 0.15) is 22.3 Å². The Balaban J connectivity index is 1.72. The minimum Gasteiger partial charge on any atom is -0.348 e. The second-order valence-electron chi connectivity index (χ2n) is 7.18. The van der Waals surface area contributed by atoms with Crippen molar-refractivity contribution in [2.24, 2.45) is 0 Å². The van der Waals surface area contributed by atoms with Crippen molar-refractivity contribution >= 4 is 23.8 Å². The van der Waals surface area contributed by atoms with E-state index in [0.717, 1.165) is 16.9 Å². The molecular formula is C26H18N4O. The van der Waals surface area contributed by atoms with Gasteiger partial charge in [0, 0.05) is 30.4 Å². The number of pyridine rings is 1. The van der Waals surface area contributed by atoms with Crippen LogP contribution in [0, 0.1) is 22.7 Å². The Hall–Kier alpha value is -4.48. The van der Waals surface area contributed by atoms with Crippen LogP contribution in [0.3, 0.4) is 0 Å². The van der Waals surface area contributed by atoms with Crippen LogP contribution >= 0.6 is 0 Å². The van der Waals surface area contributed by atoms with Gasteiger partial charge in [0.1, 0.15) is 5.82 Å². The molecule has 1 fully saturated rings. The molecule has 3 aromatic rings. The second kappa shape index (κ2) is 8.90. The maximum atomic E-state index is 13.3. The predicted octanol–water partition coefficient (Wildman–Crippen LogP) is 4.38. The number of aromatic nitrogens is 1. The van der Waals surface area contributed by atoms with Crippen molar-refractivity contribution in [3.63, 3.8) is 0 Å². The van der Waals surface area contributed by atoms with Crippen LogP contribution in [-0.4, -0.2) is 23.9 Å². The van der Waals surface area contributed by atoms with Gasteiger partial charge < -0.3 is 4.90 Å². The number of ketones is 1. The number of anilines is 1. The van der Waals surface area contributed by atoms with E-state index in [4.69, 9.17) is 10.5 Å². The fraction of sp³-hybridized carbons (Fsp3) is 0.0769. The molecule has 0 bridgehead atoms. The van der Waals surface area contributed by atoms with E-state index in [1.807, 2.05) is 54.6 Å². The summed E-state index contributed by atoms with van der Waals surface area (Å²) in [5.41, 5.74) is 4.19. The molecule has 0 radical (unpaired) electrons. The van der Waals surface area contributed by atoms with E-state index in [1.165, 1.54) is 0 Å². The minimum atomic E-state index is -0.0131. The second-order valence-corrected chi connectivity index (χ2v) is 7.18. The first kappa shape index (κ1) is 19.8. The van der Waals surface area contributed by atoms with Gasteiger partial charge in [0.15, 0.2) is 5.78 Å². The third-order valence-electron chi connectivity index (χ3n) is 5.04. The van der Waals surface area contributed by atoms with Crippen molar-refractivity contribution in [2.45, 2.75) is 0 Å². The third-order valence-corrected chi connectivity index (χ3v) is 5.04. The van der Waals surface area contributed by atoms with Gasteiger partial charge in [0.2, 0.25) is 0 Å². The van der Waals surface area contributed by atoms with Crippen molar-refractivity contribution < 1.29 is 4.79 Å². The quantitative estimate of drug-likeness (QED) is 0.607. The molecule has 2 heterocycles. The zero-order valence-corrected chi connectivity index (χ0v) is 16.7. The fourth-order valence-electron chi connectivity index (χ4n) is 3.45. The number of piperidine rings is 1. The largest absolute Gasteiger partial charge is 0.348 e. The van der Waals surface area contributed by atoms with Gasteiger partial charge in [0.25, 0.3) is 0 Å². The predicted molar refractivity (Wildman–Crippen MR) is 120 cm³/mol. The summed E-state index contributed by atoms with van der Waals surface area (Å²) in [6.45, 7) is 0.890. The number of Topliss-reactive ketones (excluding diaryl/α,β-unsaturated/α-hetero) is 1. The van der Waals surface area contributed by atoms with Gasteiger partial charge in [-0.1, -0.05) is 30.3 Å². The molecule has 0 saturated carbocycles. The number of nitriles is 2. The average Bonchev–Trinajstić information content (AvgIpc) is 2.83.